The highest BCUT2D eigenvalue weighted by molar-refractivity contribution is 9.10. The molecule has 0 spiro atoms. The Kier molecular flexibility index (Phi) is 6.48. The minimum atomic E-state index is -0.273. The van der Waals surface area contributed by atoms with E-state index in [1.54, 1.807) is 30.5 Å². The zero-order chi connectivity index (χ0) is 18.5. The van der Waals surface area contributed by atoms with E-state index < -0.39 is 0 Å². The van der Waals surface area contributed by atoms with Crippen LogP contribution in [-0.2, 0) is 11.2 Å². The molecule has 2 aromatic carbocycles. The quantitative estimate of drug-likeness (QED) is 0.437. The number of hydrogen-bond acceptors (Lipinski definition) is 3. The van der Waals surface area contributed by atoms with Crippen molar-refractivity contribution in [2.24, 2.45) is 0 Å². The number of nitrogens with zero attached hydrogens (tertiary/aromatic N) is 1. The lowest BCUT2D eigenvalue weighted by atomic mass is 10.1. The summed E-state index contributed by atoms with van der Waals surface area (Å²) in [5, 5.41) is 4.19. The first kappa shape index (κ1) is 19.1. The van der Waals surface area contributed by atoms with E-state index in [1.807, 2.05) is 12.1 Å². The highest BCUT2D eigenvalue weighted by Crippen LogP contribution is 2.26. The molecule has 1 aromatic heterocycles. The molecule has 0 radical (unpaired) electrons. The lowest BCUT2D eigenvalue weighted by Crippen LogP contribution is -2.07. The number of thiazole rings is 1. The van der Waals surface area contributed by atoms with E-state index in [0.717, 1.165) is 15.8 Å². The number of rotatable bonds is 5. The van der Waals surface area contributed by atoms with E-state index in [2.05, 4.69) is 38.4 Å². The zero-order valence-electron chi connectivity index (χ0n) is 13.4. The van der Waals surface area contributed by atoms with Gasteiger partial charge in [-0.25, -0.2) is 4.98 Å². The van der Waals surface area contributed by atoms with Crippen molar-refractivity contribution in [2.45, 2.75) is 6.42 Å². The summed E-state index contributed by atoms with van der Waals surface area (Å²) in [7, 11) is 0. The third-order valence-corrected chi connectivity index (χ3v) is 5.75. The molecule has 3 aromatic rings. The Morgan fingerprint density at radius 3 is 2.73 bits per heavy atom. The van der Waals surface area contributed by atoms with Crippen LogP contribution in [-0.4, -0.2) is 10.9 Å². The van der Waals surface area contributed by atoms with Crippen LogP contribution in [0.5, 0.6) is 0 Å². The van der Waals surface area contributed by atoms with Crippen LogP contribution in [0.1, 0.15) is 16.0 Å². The molecule has 0 aliphatic heterocycles. The Labute approximate surface area is 173 Å². The van der Waals surface area contributed by atoms with E-state index >= 15 is 0 Å². The molecule has 0 saturated carbocycles. The molecule has 3 nitrogen and oxygen atoms in total. The zero-order valence-corrected chi connectivity index (χ0v) is 17.3. The Morgan fingerprint density at radius 1 is 1.19 bits per heavy atom. The second kappa shape index (κ2) is 8.82. The fraction of sp³-hybridized carbons (Fsp3) is 0.0526. The van der Waals surface area contributed by atoms with Crippen molar-refractivity contribution in [3.8, 4) is 0 Å². The molecular formula is C19H13BrCl2N2OS. The van der Waals surface area contributed by atoms with Crippen molar-refractivity contribution in [3.63, 3.8) is 0 Å². The predicted octanol–water partition coefficient (Wildman–Crippen LogP) is 6.46. The summed E-state index contributed by atoms with van der Waals surface area (Å²) in [6.07, 6.45) is 5.59. The monoisotopic (exact) mass is 466 g/mol. The lowest BCUT2D eigenvalue weighted by molar-refractivity contribution is -0.111. The number of carbonyl (C=O) groups excluding carboxylic acids is 1. The first-order valence-electron chi connectivity index (χ1n) is 7.63. The minimum Gasteiger partial charge on any atom is -0.298 e. The molecular weight excluding hydrogens is 455 g/mol. The van der Waals surface area contributed by atoms with Gasteiger partial charge in [-0.15, -0.1) is 11.3 Å². The Balaban J connectivity index is 1.61. The maximum absolute atomic E-state index is 12.1. The van der Waals surface area contributed by atoms with Crippen molar-refractivity contribution in [1.29, 1.82) is 0 Å². The summed E-state index contributed by atoms with van der Waals surface area (Å²) in [6, 6.07) is 13.4. The molecule has 1 amide bonds. The molecule has 0 aliphatic carbocycles. The second-order valence-corrected chi connectivity index (χ2v) is 8.22. The summed E-state index contributed by atoms with van der Waals surface area (Å²) in [4.78, 5) is 17.4. The molecule has 0 unspecified atom stereocenters. The Bertz CT molecular complexity index is 954. The largest absolute Gasteiger partial charge is 0.298 e. The van der Waals surface area contributed by atoms with Gasteiger partial charge in [-0.2, -0.15) is 0 Å². The van der Waals surface area contributed by atoms with Crippen molar-refractivity contribution < 1.29 is 4.79 Å². The van der Waals surface area contributed by atoms with Gasteiger partial charge in [0.05, 0.1) is 10.0 Å². The number of aromatic nitrogens is 1. The van der Waals surface area contributed by atoms with Gasteiger partial charge in [0.1, 0.15) is 0 Å². The van der Waals surface area contributed by atoms with Crippen LogP contribution in [0.3, 0.4) is 0 Å². The van der Waals surface area contributed by atoms with Gasteiger partial charge in [0.15, 0.2) is 5.13 Å². The number of benzene rings is 2. The molecule has 1 N–H and O–H groups in total. The van der Waals surface area contributed by atoms with E-state index in [0.29, 0.717) is 20.7 Å². The van der Waals surface area contributed by atoms with Gasteiger partial charge >= 0.3 is 0 Å². The van der Waals surface area contributed by atoms with Crippen LogP contribution in [0, 0.1) is 0 Å². The topological polar surface area (TPSA) is 42.0 Å². The molecule has 0 fully saturated rings. The second-order valence-electron chi connectivity index (χ2n) is 5.40. The van der Waals surface area contributed by atoms with Crippen molar-refractivity contribution in [1.82, 2.24) is 4.98 Å². The summed E-state index contributed by atoms with van der Waals surface area (Å²) < 4.78 is 1.05. The maximum atomic E-state index is 12.1. The molecule has 0 bridgehead atoms. The molecule has 0 aliphatic rings. The highest BCUT2D eigenvalue weighted by Gasteiger charge is 2.06. The number of hydrogen-bond donors (Lipinski definition) is 1. The standard InChI is InChI=1S/C19H13BrCl2N2OS/c20-14-7-4-12(5-8-14)10-15-11-23-19(26-15)24-17(25)9-6-13-2-1-3-16(21)18(13)22/h1-9,11H,10H2,(H,23,24,25)/b9-6-. The molecule has 26 heavy (non-hydrogen) atoms. The van der Waals surface area contributed by atoms with Crippen molar-refractivity contribution in [3.05, 3.63) is 85.3 Å². The van der Waals surface area contributed by atoms with Crippen molar-refractivity contribution >= 4 is 67.6 Å². The van der Waals surface area contributed by atoms with Gasteiger partial charge in [0, 0.05) is 28.0 Å². The maximum Gasteiger partial charge on any atom is 0.250 e. The van der Waals surface area contributed by atoms with Crippen LogP contribution in [0.25, 0.3) is 6.08 Å². The van der Waals surface area contributed by atoms with Crippen LogP contribution < -0.4 is 5.32 Å². The summed E-state index contributed by atoms with van der Waals surface area (Å²) in [5.74, 6) is -0.273. The smallest absolute Gasteiger partial charge is 0.250 e. The Hall–Kier alpha value is -1.66. The fourth-order valence-corrected chi connectivity index (χ4v) is 3.70. The Morgan fingerprint density at radius 2 is 1.96 bits per heavy atom. The summed E-state index contributed by atoms with van der Waals surface area (Å²) in [5.41, 5.74) is 1.87. The average molecular weight is 468 g/mol. The molecule has 0 atom stereocenters. The molecule has 7 heteroatoms. The summed E-state index contributed by atoms with van der Waals surface area (Å²) in [6.45, 7) is 0. The minimum absolute atomic E-state index is 0.273. The van der Waals surface area contributed by atoms with Gasteiger partial charge in [-0.3, -0.25) is 10.1 Å². The van der Waals surface area contributed by atoms with E-state index in [9.17, 15) is 4.79 Å². The number of amides is 1. The number of halogens is 3. The third kappa shape index (κ3) is 5.17. The number of nitrogens with one attached hydrogen (secondary N) is 1. The first-order valence-corrected chi connectivity index (χ1v) is 10.00. The van der Waals surface area contributed by atoms with Crippen LogP contribution >= 0.6 is 50.5 Å². The van der Waals surface area contributed by atoms with Gasteiger partial charge in [-0.1, -0.05) is 63.4 Å². The van der Waals surface area contributed by atoms with Gasteiger partial charge < -0.3 is 0 Å². The van der Waals surface area contributed by atoms with Crippen molar-refractivity contribution in [2.75, 3.05) is 5.32 Å². The summed E-state index contributed by atoms with van der Waals surface area (Å²) >= 11 is 16.9. The van der Waals surface area contributed by atoms with E-state index in [1.165, 1.54) is 23.0 Å². The van der Waals surface area contributed by atoms with E-state index in [4.69, 9.17) is 23.2 Å². The third-order valence-electron chi connectivity index (χ3n) is 3.47. The molecule has 132 valence electrons. The lowest BCUT2D eigenvalue weighted by Gasteiger charge is -2.00. The molecule has 1 heterocycles. The first-order chi connectivity index (χ1) is 12.5. The van der Waals surface area contributed by atoms with Gasteiger partial charge in [0.2, 0.25) is 5.91 Å². The normalized spacial score (nSPS) is 11.0. The average Bonchev–Trinajstić information content (AvgIpc) is 3.05. The van der Waals surface area contributed by atoms with Crippen LogP contribution in [0.4, 0.5) is 5.13 Å². The van der Waals surface area contributed by atoms with Crippen LogP contribution in [0.2, 0.25) is 10.0 Å². The molecule has 3 rings (SSSR count). The predicted molar refractivity (Wildman–Crippen MR) is 113 cm³/mol. The van der Waals surface area contributed by atoms with E-state index in [-0.39, 0.29) is 5.91 Å². The number of anilines is 1. The molecule has 0 saturated heterocycles. The van der Waals surface area contributed by atoms with Gasteiger partial charge in [0.25, 0.3) is 0 Å². The fourth-order valence-electron chi connectivity index (χ4n) is 2.21. The SMILES string of the molecule is O=C(/C=C\c1cccc(Cl)c1Cl)Nc1ncc(Cc2ccc(Br)cc2)s1. The van der Waals surface area contributed by atoms with Gasteiger partial charge in [-0.05, 0) is 35.4 Å². The van der Waals surface area contributed by atoms with Crippen LogP contribution in [0.15, 0.2) is 59.2 Å². The highest BCUT2D eigenvalue weighted by atomic mass is 79.9. The number of carbonyl (C=O) groups is 1.